The molecule has 0 unspecified atom stereocenters. The molecule has 0 aromatic heterocycles. The minimum atomic E-state index is -0.242. The van der Waals surface area contributed by atoms with E-state index in [4.69, 9.17) is 0 Å². The molecule has 0 saturated heterocycles. The van der Waals surface area contributed by atoms with Gasteiger partial charge in [0.15, 0.2) is 0 Å². The predicted octanol–water partition coefficient (Wildman–Crippen LogP) is 4.25. The maximum absolute atomic E-state index is 12.9. The molecule has 0 aliphatic rings. The Bertz CT molecular complexity index is 686. The number of rotatable bonds is 8. The lowest BCUT2D eigenvalue weighted by Crippen LogP contribution is -2.48. The molecule has 0 radical (unpaired) electrons. The second-order valence-corrected chi connectivity index (χ2v) is 8.71. The van der Waals surface area contributed by atoms with E-state index in [0.29, 0.717) is 18.2 Å². The number of urea groups is 2. The molecule has 0 bridgehead atoms. The molecule has 0 aliphatic carbocycles. The van der Waals surface area contributed by atoms with Crippen molar-refractivity contribution in [3.8, 4) is 0 Å². The standard InChI is InChI=1S/C22H39N5O2/c1-14(2)17(7)27(22(29)24-16(5)6)13-18-12-19(10-11-20(18)26(8)9)25-21(28)23-15(3)4/h10-12,14-17H,13H2,1-9H3,(H,24,29)(H2,23,25,28)/t17-/m1/s1. The summed E-state index contributed by atoms with van der Waals surface area (Å²) >= 11 is 0. The van der Waals surface area contributed by atoms with E-state index < -0.39 is 0 Å². The highest BCUT2D eigenvalue weighted by atomic mass is 16.2. The summed E-state index contributed by atoms with van der Waals surface area (Å²) in [6, 6.07) is 5.64. The fourth-order valence-corrected chi connectivity index (χ4v) is 2.93. The fourth-order valence-electron chi connectivity index (χ4n) is 2.93. The van der Waals surface area contributed by atoms with Crippen LogP contribution in [0.4, 0.5) is 21.0 Å². The van der Waals surface area contributed by atoms with Gasteiger partial charge in [-0.2, -0.15) is 0 Å². The molecule has 0 heterocycles. The van der Waals surface area contributed by atoms with E-state index >= 15 is 0 Å². The lowest BCUT2D eigenvalue weighted by molar-refractivity contribution is 0.155. The minimum Gasteiger partial charge on any atom is -0.377 e. The maximum Gasteiger partial charge on any atom is 0.319 e. The van der Waals surface area contributed by atoms with Crippen LogP contribution in [0.2, 0.25) is 0 Å². The largest absolute Gasteiger partial charge is 0.377 e. The normalized spacial score (nSPS) is 12.1. The van der Waals surface area contributed by atoms with E-state index in [2.05, 4.69) is 36.7 Å². The van der Waals surface area contributed by atoms with E-state index in [1.165, 1.54) is 0 Å². The van der Waals surface area contributed by atoms with E-state index in [9.17, 15) is 9.59 Å². The Kier molecular flexibility index (Phi) is 9.27. The smallest absolute Gasteiger partial charge is 0.319 e. The average molecular weight is 406 g/mol. The zero-order chi connectivity index (χ0) is 22.3. The Morgan fingerprint density at radius 2 is 1.52 bits per heavy atom. The summed E-state index contributed by atoms with van der Waals surface area (Å²) in [5.41, 5.74) is 2.69. The fraction of sp³-hybridized carbons (Fsp3) is 0.636. The highest BCUT2D eigenvalue weighted by Gasteiger charge is 2.24. The third-order valence-corrected chi connectivity index (χ3v) is 4.71. The molecular formula is C22H39N5O2. The van der Waals surface area contributed by atoms with Crippen LogP contribution in [0.25, 0.3) is 0 Å². The highest BCUT2D eigenvalue weighted by molar-refractivity contribution is 5.90. The molecule has 7 heteroatoms. The van der Waals surface area contributed by atoms with Crippen molar-refractivity contribution in [1.29, 1.82) is 0 Å². The molecule has 3 N–H and O–H groups in total. The van der Waals surface area contributed by atoms with Gasteiger partial charge < -0.3 is 25.8 Å². The van der Waals surface area contributed by atoms with Gasteiger partial charge in [-0.05, 0) is 64.3 Å². The summed E-state index contributed by atoms with van der Waals surface area (Å²) in [4.78, 5) is 28.9. The Morgan fingerprint density at radius 1 is 0.931 bits per heavy atom. The first-order chi connectivity index (χ1) is 13.4. The van der Waals surface area contributed by atoms with Crippen LogP contribution in [-0.4, -0.2) is 49.2 Å². The average Bonchev–Trinajstić information content (AvgIpc) is 2.57. The van der Waals surface area contributed by atoms with Crippen molar-refractivity contribution in [2.45, 2.75) is 73.1 Å². The summed E-state index contributed by atoms with van der Waals surface area (Å²) in [5.74, 6) is 0.314. The van der Waals surface area contributed by atoms with Gasteiger partial charge in [0.1, 0.15) is 0 Å². The van der Waals surface area contributed by atoms with Gasteiger partial charge in [0.2, 0.25) is 0 Å². The molecule has 4 amide bonds. The lowest BCUT2D eigenvalue weighted by atomic mass is 10.0. The van der Waals surface area contributed by atoms with Crippen LogP contribution in [0.15, 0.2) is 18.2 Å². The molecule has 1 rings (SSSR count). The van der Waals surface area contributed by atoms with E-state index in [-0.39, 0.29) is 30.2 Å². The number of carbonyl (C=O) groups excluding carboxylic acids is 2. The predicted molar refractivity (Wildman–Crippen MR) is 122 cm³/mol. The third kappa shape index (κ3) is 7.83. The quantitative estimate of drug-likeness (QED) is 0.605. The second-order valence-electron chi connectivity index (χ2n) is 8.71. The summed E-state index contributed by atoms with van der Waals surface area (Å²) in [6.45, 7) is 14.5. The summed E-state index contributed by atoms with van der Waals surface area (Å²) in [5, 5.41) is 8.72. The van der Waals surface area contributed by atoms with Gasteiger partial charge >= 0.3 is 12.1 Å². The van der Waals surface area contributed by atoms with Crippen molar-refractivity contribution in [2.75, 3.05) is 24.3 Å². The number of carbonyl (C=O) groups is 2. The Balaban J connectivity index is 3.22. The molecule has 0 fully saturated rings. The van der Waals surface area contributed by atoms with Crippen LogP contribution in [0.1, 0.15) is 54.0 Å². The molecule has 0 spiro atoms. The zero-order valence-corrected chi connectivity index (χ0v) is 19.5. The Labute approximate surface area is 176 Å². The van der Waals surface area contributed by atoms with E-state index in [1.54, 1.807) is 0 Å². The molecule has 7 nitrogen and oxygen atoms in total. The number of benzene rings is 1. The van der Waals surface area contributed by atoms with Gasteiger partial charge in [-0.15, -0.1) is 0 Å². The molecule has 1 atom stereocenters. The maximum atomic E-state index is 12.9. The molecule has 0 saturated carbocycles. The first-order valence-corrected chi connectivity index (χ1v) is 10.4. The number of anilines is 2. The van der Waals surface area contributed by atoms with Gasteiger partial charge in [0.05, 0.1) is 0 Å². The Morgan fingerprint density at radius 3 is 2.00 bits per heavy atom. The van der Waals surface area contributed by atoms with Gasteiger partial charge in [-0.3, -0.25) is 0 Å². The summed E-state index contributed by atoms with van der Waals surface area (Å²) in [7, 11) is 3.95. The van der Waals surface area contributed by atoms with Crippen molar-refractivity contribution < 1.29 is 9.59 Å². The highest BCUT2D eigenvalue weighted by Crippen LogP contribution is 2.26. The van der Waals surface area contributed by atoms with Gasteiger partial charge in [0.25, 0.3) is 0 Å². The molecular weight excluding hydrogens is 366 g/mol. The molecule has 29 heavy (non-hydrogen) atoms. The number of amides is 4. The number of hydrogen-bond donors (Lipinski definition) is 3. The van der Waals surface area contributed by atoms with Crippen LogP contribution in [0, 0.1) is 5.92 Å². The summed E-state index contributed by atoms with van der Waals surface area (Å²) < 4.78 is 0. The molecule has 1 aromatic carbocycles. The second kappa shape index (κ2) is 10.9. The summed E-state index contributed by atoms with van der Waals surface area (Å²) in [6.07, 6.45) is 0. The van der Waals surface area contributed by atoms with Crippen molar-refractivity contribution >= 4 is 23.4 Å². The van der Waals surface area contributed by atoms with E-state index in [1.807, 2.05) is 69.8 Å². The van der Waals surface area contributed by atoms with Gasteiger partial charge in [-0.25, -0.2) is 9.59 Å². The lowest BCUT2D eigenvalue weighted by Gasteiger charge is -2.34. The van der Waals surface area contributed by atoms with Gasteiger partial charge in [-0.1, -0.05) is 13.8 Å². The van der Waals surface area contributed by atoms with Crippen LogP contribution in [-0.2, 0) is 6.54 Å². The van der Waals surface area contributed by atoms with Gasteiger partial charge in [0, 0.05) is 50.1 Å². The van der Waals surface area contributed by atoms with Crippen molar-refractivity contribution in [1.82, 2.24) is 15.5 Å². The third-order valence-electron chi connectivity index (χ3n) is 4.71. The Hall–Kier alpha value is -2.44. The number of nitrogens with zero attached hydrogens (tertiary/aromatic N) is 2. The SMILES string of the molecule is CC(C)NC(=O)Nc1ccc(N(C)C)c(CN(C(=O)NC(C)C)[C@H](C)C(C)C)c1. The molecule has 164 valence electrons. The first-order valence-electron chi connectivity index (χ1n) is 10.4. The molecule has 1 aromatic rings. The van der Waals surface area contributed by atoms with Crippen LogP contribution >= 0.6 is 0 Å². The molecule has 0 aliphatic heterocycles. The van der Waals surface area contributed by atoms with Crippen molar-refractivity contribution in [3.05, 3.63) is 23.8 Å². The zero-order valence-electron chi connectivity index (χ0n) is 19.5. The topological polar surface area (TPSA) is 76.7 Å². The van der Waals surface area contributed by atoms with Crippen molar-refractivity contribution in [3.63, 3.8) is 0 Å². The van der Waals surface area contributed by atoms with E-state index in [0.717, 1.165) is 11.3 Å². The number of hydrogen-bond acceptors (Lipinski definition) is 3. The number of nitrogens with one attached hydrogen (secondary N) is 3. The minimum absolute atomic E-state index is 0.0534. The van der Waals surface area contributed by atoms with Crippen molar-refractivity contribution in [2.24, 2.45) is 5.92 Å². The first kappa shape index (κ1) is 24.6. The van der Waals surface area contributed by atoms with Crippen LogP contribution in [0.3, 0.4) is 0 Å². The van der Waals surface area contributed by atoms with Crippen LogP contribution < -0.4 is 20.9 Å². The van der Waals surface area contributed by atoms with Crippen LogP contribution in [0.5, 0.6) is 0 Å². The monoisotopic (exact) mass is 405 g/mol.